The molecule has 0 aromatic heterocycles. The van der Waals surface area contributed by atoms with Gasteiger partial charge in [-0.05, 0) is 36.6 Å². The average molecular weight is 326 g/mol. The Bertz CT molecular complexity index is 466. The summed E-state index contributed by atoms with van der Waals surface area (Å²) in [6.45, 7) is 2.80. The Hall–Kier alpha value is -1.83. The van der Waals surface area contributed by atoms with Crippen LogP contribution in [0.3, 0.4) is 0 Å². The highest BCUT2D eigenvalue weighted by atomic mass is 16.5. The fourth-order valence-corrected chi connectivity index (χ4v) is 2.07. The summed E-state index contributed by atoms with van der Waals surface area (Å²) in [5.74, 6) is 0.758. The molecule has 0 aliphatic heterocycles. The van der Waals surface area contributed by atoms with Gasteiger partial charge in [0, 0.05) is 13.5 Å². The first-order chi connectivity index (χ1) is 10.9. The standard InChI is InChI=1S/C16H26N2O5/c1-11(10-15(17)20)9-14(19)16(18)23-13-5-3-12(4-6-13)22-8-7-21-2/h3-6,11,14,16,19H,7-10,18H2,1-2H3,(H2,17,20). The highest BCUT2D eigenvalue weighted by molar-refractivity contribution is 5.73. The first-order valence-electron chi connectivity index (χ1n) is 7.52. The van der Waals surface area contributed by atoms with E-state index in [1.807, 2.05) is 6.92 Å². The smallest absolute Gasteiger partial charge is 0.217 e. The molecule has 0 spiro atoms. The molecule has 1 aromatic carbocycles. The van der Waals surface area contributed by atoms with Gasteiger partial charge in [0.05, 0.1) is 6.61 Å². The maximum Gasteiger partial charge on any atom is 0.217 e. The van der Waals surface area contributed by atoms with Crippen molar-refractivity contribution in [2.24, 2.45) is 17.4 Å². The van der Waals surface area contributed by atoms with E-state index in [2.05, 4.69) is 0 Å². The molecule has 3 unspecified atom stereocenters. The van der Waals surface area contributed by atoms with Crippen LogP contribution < -0.4 is 20.9 Å². The van der Waals surface area contributed by atoms with E-state index in [0.29, 0.717) is 31.1 Å². The molecule has 3 atom stereocenters. The highest BCUT2D eigenvalue weighted by Crippen LogP contribution is 2.20. The number of carbonyl (C=O) groups excluding carboxylic acids is 1. The minimum absolute atomic E-state index is 0.0614. The van der Waals surface area contributed by atoms with E-state index < -0.39 is 18.2 Å². The summed E-state index contributed by atoms with van der Waals surface area (Å²) in [5.41, 5.74) is 11.0. The minimum Gasteiger partial charge on any atom is -0.491 e. The Kier molecular flexibility index (Phi) is 8.39. The fourth-order valence-electron chi connectivity index (χ4n) is 2.07. The van der Waals surface area contributed by atoms with Crippen LogP contribution in [0.2, 0.25) is 0 Å². The third-order valence-electron chi connectivity index (χ3n) is 3.22. The van der Waals surface area contributed by atoms with E-state index >= 15 is 0 Å². The Morgan fingerprint density at radius 2 is 1.83 bits per heavy atom. The zero-order valence-electron chi connectivity index (χ0n) is 13.6. The molecule has 7 heteroatoms. The third-order valence-corrected chi connectivity index (χ3v) is 3.22. The largest absolute Gasteiger partial charge is 0.491 e. The molecule has 5 N–H and O–H groups in total. The fraction of sp³-hybridized carbons (Fsp3) is 0.562. The molecule has 0 radical (unpaired) electrons. The second-order valence-electron chi connectivity index (χ2n) is 5.47. The van der Waals surface area contributed by atoms with Gasteiger partial charge in [0.15, 0.2) is 6.23 Å². The van der Waals surface area contributed by atoms with Crippen molar-refractivity contribution in [1.82, 2.24) is 0 Å². The molecule has 1 amide bonds. The number of aliphatic hydroxyl groups is 1. The van der Waals surface area contributed by atoms with Crippen LogP contribution in [0.5, 0.6) is 11.5 Å². The van der Waals surface area contributed by atoms with Crippen molar-refractivity contribution in [2.75, 3.05) is 20.3 Å². The number of amides is 1. The monoisotopic (exact) mass is 326 g/mol. The lowest BCUT2D eigenvalue weighted by molar-refractivity contribution is -0.119. The molecule has 130 valence electrons. The van der Waals surface area contributed by atoms with Gasteiger partial charge in [0.1, 0.15) is 24.2 Å². The predicted octanol–water partition coefficient (Wildman–Crippen LogP) is 0.638. The number of primary amides is 1. The molecule has 1 aromatic rings. The lowest BCUT2D eigenvalue weighted by Crippen LogP contribution is -2.41. The number of hydrogen-bond donors (Lipinski definition) is 3. The normalized spacial score (nSPS) is 14.8. The zero-order chi connectivity index (χ0) is 17.2. The number of hydrogen-bond acceptors (Lipinski definition) is 6. The predicted molar refractivity (Wildman–Crippen MR) is 86.0 cm³/mol. The Labute approximate surface area is 136 Å². The number of aliphatic hydroxyl groups excluding tert-OH is 1. The van der Waals surface area contributed by atoms with Gasteiger partial charge in [-0.3, -0.25) is 10.5 Å². The molecule has 0 heterocycles. The van der Waals surface area contributed by atoms with Crippen LogP contribution in [-0.4, -0.2) is 43.7 Å². The van der Waals surface area contributed by atoms with Gasteiger partial charge in [-0.1, -0.05) is 6.92 Å². The van der Waals surface area contributed by atoms with Crippen molar-refractivity contribution in [3.05, 3.63) is 24.3 Å². The third kappa shape index (κ3) is 7.83. The van der Waals surface area contributed by atoms with E-state index in [4.69, 9.17) is 25.7 Å². The van der Waals surface area contributed by atoms with Crippen molar-refractivity contribution >= 4 is 5.91 Å². The van der Waals surface area contributed by atoms with Crippen LogP contribution in [0.15, 0.2) is 24.3 Å². The van der Waals surface area contributed by atoms with Crippen LogP contribution in [0.1, 0.15) is 19.8 Å². The van der Waals surface area contributed by atoms with Crippen LogP contribution in [0.4, 0.5) is 0 Å². The van der Waals surface area contributed by atoms with Gasteiger partial charge >= 0.3 is 0 Å². The van der Waals surface area contributed by atoms with Crippen LogP contribution in [-0.2, 0) is 9.53 Å². The van der Waals surface area contributed by atoms with Gasteiger partial charge in [-0.2, -0.15) is 0 Å². The van der Waals surface area contributed by atoms with Gasteiger partial charge < -0.3 is 25.1 Å². The minimum atomic E-state index is -0.887. The SMILES string of the molecule is COCCOc1ccc(OC(N)C(O)CC(C)CC(N)=O)cc1. The number of nitrogens with two attached hydrogens (primary N) is 2. The highest BCUT2D eigenvalue weighted by Gasteiger charge is 2.20. The number of methoxy groups -OCH3 is 1. The Morgan fingerprint density at radius 1 is 1.22 bits per heavy atom. The summed E-state index contributed by atoms with van der Waals surface area (Å²) in [5, 5.41) is 10.0. The van der Waals surface area contributed by atoms with Crippen molar-refractivity contribution in [3.8, 4) is 11.5 Å². The van der Waals surface area contributed by atoms with Crippen molar-refractivity contribution in [1.29, 1.82) is 0 Å². The van der Waals surface area contributed by atoms with Gasteiger partial charge in [0.2, 0.25) is 5.91 Å². The van der Waals surface area contributed by atoms with Crippen molar-refractivity contribution in [3.63, 3.8) is 0 Å². The van der Waals surface area contributed by atoms with Gasteiger partial charge in [-0.15, -0.1) is 0 Å². The van der Waals surface area contributed by atoms with Crippen molar-refractivity contribution in [2.45, 2.75) is 32.1 Å². The molecule has 0 saturated heterocycles. The molecule has 0 aliphatic rings. The van der Waals surface area contributed by atoms with E-state index in [-0.39, 0.29) is 12.3 Å². The van der Waals surface area contributed by atoms with Crippen LogP contribution >= 0.6 is 0 Å². The first kappa shape index (κ1) is 19.2. The second-order valence-corrected chi connectivity index (χ2v) is 5.47. The molecule has 7 nitrogen and oxygen atoms in total. The summed E-state index contributed by atoms with van der Waals surface area (Å²) < 4.78 is 15.8. The van der Waals surface area contributed by atoms with E-state index in [9.17, 15) is 9.90 Å². The molecule has 0 bridgehead atoms. The molecule has 0 aliphatic carbocycles. The van der Waals surface area contributed by atoms with Gasteiger partial charge in [-0.25, -0.2) is 0 Å². The van der Waals surface area contributed by atoms with Gasteiger partial charge in [0.25, 0.3) is 0 Å². The Morgan fingerprint density at radius 3 is 2.39 bits per heavy atom. The summed E-state index contributed by atoms with van der Waals surface area (Å²) in [7, 11) is 1.61. The topological polar surface area (TPSA) is 117 Å². The number of benzene rings is 1. The Balaban J connectivity index is 2.43. The molecular formula is C16H26N2O5. The molecule has 23 heavy (non-hydrogen) atoms. The lowest BCUT2D eigenvalue weighted by atomic mass is 9.99. The number of ether oxygens (including phenoxy) is 3. The summed E-state index contributed by atoms with van der Waals surface area (Å²) in [4.78, 5) is 10.8. The van der Waals surface area contributed by atoms with Crippen molar-refractivity contribution < 1.29 is 24.1 Å². The number of carbonyl (C=O) groups is 1. The second kappa shape index (κ2) is 10.0. The van der Waals surface area contributed by atoms with Crippen LogP contribution in [0, 0.1) is 5.92 Å². The lowest BCUT2D eigenvalue weighted by Gasteiger charge is -2.22. The molecular weight excluding hydrogens is 300 g/mol. The maximum absolute atomic E-state index is 10.8. The summed E-state index contributed by atoms with van der Waals surface area (Å²) >= 11 is 0. The summed E-state index contributed by atoms with van der Waals surface area (Å²) in [6.07, 6.45) is -1.23. The van der Waals surface area contributed by atoms with Crippen LogP contribution in [0.25, 0.3) is 0 Å². The van der Waals surface area contributed by atoms with E-state index in [1.165, 1.54) is 0 Å². The summed E-state index contributed by atoms with van der Waals surface area (Å²) in [6, 6.07) is 6.92. The quantitative estimate of drug-likeness (QED) is 0.406. The molecule has 1 rings (SSSR count). The molecule has 0 saturated carbocycles. The zero-order valence-corrected chi connectivity index (χ0v) is 13.6. The first-order valence-corrected chi connectivity index (χ1v) is 7.52. The maximum atomic E-state index is 10.8. The van der Waals surface area contributed by atoms with E-state index in [0.717, 1.165) is 0 Å². The molecule has 0 fully saturated rings. The van der Waals surface area contributed by atoms with E-state index in [1.54, 1.807) is 31.4 Å². The average Bonchev–Trinajstić information content (AvgIpc) is 2.48. The number of rotatable bonds is 11.